The number of ether oxygens (including phenoxy) is 2. The van der Waals surface area contributed by atoms with Crippen LogP contribution in [-0.4, -0.2) is 75.6 Å². The minimum atomic E-state index is -3.56. The number of hydrogen-bond acceptors (Lipinski definition) is 7. The molecule has 10 nitrogen and oxygen atoms in total. The van der Waals surface area contributed by atoms with Crippen LogP contribution in [0.4, 0.5) is 5.69 Å². The van der Waals surface area contributed by atoms with Crippen molar-refractivity contribution in [3.8, 4) is 0 Å². The number of carbonyl (C=O) groups excluding carboxylic acids is 2. The van der Waals surface area contributed by atoms with Crippen molar-refractivity contribution in [3.63, 3.8) is 0 Å². The smallest absolute Gasteiger partial charge is 0.293 e. The maximum absolute atomic E-state index is 14.0. The molecule has 1 amide bonds. The molecule has 0 unspecified atom stereocenters. The van der Waals surface area contributed by atoms with Crippen LogP contribution in [0, 0.1) is 0 Å². The molecule has 0 saturated carbocycles. The SMILES string of the molecule is CCCc1cn2c3c(cc(C(=O)N[C@@H](Cc4ccccc4)[C@@H](CNC4CCOCC4)OC=O)cc13)N(CC)S(=O)(=O)CC2. The van der Waals surface area contributed by atoms with Gasteiger partial charge in [-0.15, -0.1) is 0 Å². The van der Waals surface area contributed by atoms with Gasteiger partial charge in [0.25, 0.3) is 12.4 Å². The van der Waals surface area contributed by atoms with Crippen molar-refractivity contribution < 1.29 is 27.5 Å². The van der Waals surface area contributed by atoms with Crippen molar-refractivity contribution in [2.24, 2.45) is 0 Å². The lowest BCUT2D eigenvalue weighted by Crippen LogP contribution is -2.51. The summed E-state index contributed by atoms with van der Waals surface area (Å²) in [4.78, 5) is 25.7. The minimum Gasteiger partial charge on any atom is -0.461 e. The van der Waals surface area contributed by atoms with E-state index in [1.807, 2.05) is 54.1 Å². The molecule has 0 bridgehead atoms. The molecule has 0 aliphatic carbocycles. The number of amides is 1. The fourth-order valence-corrected chi connectivity index (χ4v) is 7.71. The topological polar surface area (TPSA) is 119 Å². The third-order valence-electron chi connectivity index (χ3n) is 8.42. The molecule has 2 atom stereocenters. The Labute approximate surface area is 253 Å². The van der Waals surface area contributed by atoms with Crippen LogP contribution in [0.25, 0.3) is 10.9 Å². The molecule has 1 fully saturated rings. The summed E-state index contributed by atoms with van der Waals surface area (Å²) in [6, 6.07) is 13.0. The summed E-state index contributed by atoms with van der Waals surface area (Å²) in [5.41, 5.74) is 3.81. The largest absolute Gasteiger partial charge is 0.461 e. The van der Waals surface area contributed by atoms with E-state index in [-0.39, 0.29) is 24.2 Å². The Kier molecular flexibility index (Phi) is 10.0. The third kappa shape index (κ3) is 7.05. The van der Waals surface area contributed by atoms with E-state index in [1.165, 1.54) is 4.31 Å². The molecule has 2 aliphatic heterocycles. The number of nitrogens with zero attached hydrogens (tertiary/aromatic N) is 2. The lowest BCUT2D eigenvalue weighted by atomic mass is 9.99. The molecule has 1 aromatic heterocycles. The quantitative estimate of drug-likeness (QED) is 0.285. The zero-order valence-corrected chi connectivity index (χ0v) is 25.8. The zero-order valence-electron chi connectivity index (χ0n) is 25.0. The highest BCUT2D eigenvalue weighted by Crippen LogP contribution is 2.36. The van der Waals surface area contributed by atoms with E-state index in [2.05, 4.69) is 17.6 Å². The summed E-state index contributed by atoms with van der Waals surface area (Å²) < 4.78 is 40.9. The summed E-state index contributed by atoms with van der Waals surface area (Å²) >= 11 is 0. The van der Waals surface area contributed by atoms with Crippen LogP contribution in [0.1, 0.15) is 54.6 Å². The molecule has 0 radical (unpaired) electrons. The van der Waals surface area contributed by atoms with Crippen molar-refractivity contribution in [1.82, 2.24) is 15.2 Å². The van der Waals surface area contributed by atoms with Crippen LogP contribution < -0.4 is 14.9 Å². The molecule has 0 spiro atoms. The van der Waals surface area contributed by atoms with Crippen LogP contribution in [0.15, 0.2) is 48.7 Å². The molecule has 5 rings (SSSR count). The Morgan fingerprint density at radius 3 is 2.63 bits per heavy atom. The first kappa shape index (κ1) is 31.0. The molecule has 11 heteroatoms. The van der Waals surface area contributed by atoms with Gasteiger partial charge in [0.2, 0.25) is 10.0 Å². The molecule has 2 aliphatic rings. The zero-order chi connectivity index (χ0) is 30.4. The van der Waals surface area contributed by atoms with E-state index in [9.17, 15) is 18.0 Å². The lowest BCUT2D eigenvalue weighted by Gasteiger charge is -2.30. The lowest BCUT2D eigenvalue weighted by molar-refractivity contribution is -0.134. The second-order valence-electron chi connectivity index (χ2n) is 11.3. The number of rotatable bonds is 13. The predicted molar refractivity (Wildman–Crippen MR) is 167 cm³/mol. The molecule has 2 N–H and O–H groups in total. The molecule has 232 valence electrons. The van der Waals surface area contributed by atoms with Crippen LogP contribution >= 0.6 is 0 Å². The summed E-state index contributed by atoms with van der Waals surface area (Å²) in [5, 5.41) is 7.54. The molecule has 1 saturated heterocycles. The summed E-state index contributed by atoms with van der Waals surface area (Å²) in [6.07, 6.45) is 5.32. The maximum Gasteiger partial charge on any atom is 0.293 e. The molecule has 43 heavy (non-hydrogen) atoms. The second kappa shape index (κ2) is 13.9. The normalized spacial score (nSPS) is 18.1. The van der Waals surface area contributed by atoms with Gasteiger partial charge < -0.3 is 24.7 Å². The van der Waals surface area contributed by atoms with E-state index in [4.69, 9.17) is 9.47 Å². The van der Waals surface area contributed by atoms with E-state index in [0.29, 0.717) is 50.4 Å². The van der Waals surface area contributed by atoms with Gasteiger partial charge in [-0.2, -0.15) is 0 Å². The second-order valence-corrected chi connectivity index (χ2v) is 13.3. The van der Waals surface area contributed by atoms with Gasteiger partial charge >= 0.3 is 0 Å². The summed E-state index contributed by atoms with van der Waals surface area (Å²) in [5.74, 6) is -0.353. The number of aryl methyl sites for hydroxylation is 2. The Bertz CT molecular complexity index is 1520. The number of benzene rings is 2. The predicted octanol–water partition coefficient (Wildman–Crippen LogP) is 3.41. The Hall–Kier alpha value is -3.41. The number of anilines is 1. The monoisotopic (exact) mass is 610 g/mol. The van der Waals surface area contributed by atoms with Gasteiger partial charge in [0, 0.05) is 56.0 Å². The first-order valence-corrected chi connectivity index (χ1v) is 16.9. The van der Waals surface area contributed by atoms with Crippen LogP contribution in [0.5, 0.6) is 0 Å². The Morgan fingerprint density at radius 2 is 1.93 bits per heavy atom. The number of nitrogens with one attached hydrogen (secondary N) is 2. The van der Waals surface area contributed by atoms with Crippen LogP contribution in [-0.2, 0) is 43.7 Å². The van der Waals surface area contributed by atoms with Gasteiger partial charge in [-0.3, -0.25) is 13.9 Å². The standard InChI is InChI=1S/C32H42N4O6S/c1-3-8-24-21-35-13-16-43(39,40)36(4-2)29-19-25(18-27(24)31(29)35)32(38)34-28(17-23-9-6-5-7-10-23)30(42-22-37)20-33-26-11-14-41-15-12-26/h5-7,9-10,18-19,21-22,26,28,30,33H,3-4,8,11-17,20H2,1-2H3,(H,34,38)/t28-,30+/m0/s1. The van der Waals surface area contributed by atoms with E-state index >= 15 is 0 Å². The molecule has 3 heterocycles. The number of sulfonamides is 1. The van der Waals surface area contributed by atoms with Crippen molar-refractivity contribution >= 4 is 39.0 Å². The van der Waals surface area contributed by atoms with Gasteiger partial charge in [0.1, 0.15) is 6.10 Å². The maximum atomic E-state index is 14.0. The fourth-order valence-electron chi connectivity index (χ4n) is 6.23. The van der Waals surface area contributed by atoms with Crippen molar-refractivity contribution in [3.05, 3.63) is 65.4 Å². The average molecular weight is 611 g/mol. The van der Waals surface area contributed by atoms with Crippen molar-refractivity contribution in [2.75, 3.05) is 36.4 Å². The van der Waals surface area contributed by atoms with Crippen molar-refractivity contribution in [2.45, 2.75) is 70.7 Å². The number of aromatic nitrogens is 1. The van der Waals surface area contributed by atoms with Gasteiger partial charge in [0.05, 0.1) is 23.0 Å². The van der Waals surface area contributed by atoms with Gasteiger partial charge in [-0.05, 0) is 55.9 Å². The fraction of sp³-hybridized carbons (Fsp3) is 0.500. The minimum absolute atomic E-state index is 0.00359. The Morgan fingerprint density at radius 1 is 1.16 bits per heavy atom. The highest BCUT2D eigenvalue weighted by Gasteiger charge is 2.31. The molecular weight excluding hydrogens is 568 g/mol. The number of hydrogen-bond donors (Lipinski definition) is 2. The highest BCUT2D eigenvalue weighted by atomic mass is 32.2. The highest BCUT2D eigenvalue weighted by molar-refractivity contribution is 7.92. The average Bonchev–Trinajstić information content (AvgIpc) is 3.31. The molecule has 3 aromatic rings. The van der Waals surface area contributed by atoms with Crippen molar-refractivity contribution in [1.29, 1.82) is 0 Å². The number of carbonyl (C=O) groups is 2. The first-order chi connectivity index (χ1) is 20.8. The molecular formula is C32H42N4O6S. The third-order valence-corrected chi connectivity index (χ3v) is 10.2. The first-order valence-electron chi connectivity index (χ1n) is 15.3. The van der Waals surface area contributed by atoms with Crippen LogP contribution in [0.2, 0.25) is 0 Å². The van der Waals surface area contributed by atoms with Gasteiger partial charge in [-0.1, -0.05) is 43.7 Å². The van der Waals surface area contributed by atoms with Gasteiger partial charge in [0.15, 0.2) is 0 Å². The van der Waals surface area contributed by atoms with Gasteiger partial charge in [-0.25, -0.2) is 8.42 Å². The molecule has 2 aromatic carbocycles. The summed E-state index contributed by atoms with van der Waals surface area (Å²) in [6.45, 7) is 6.70. The van der Waals surface area contributed by atoms with E-state index < -0.39 is 22.2 Å². The summed E-state index contributed by atoms with van der Waals surface area (Å²) in [7, 11) is -3.56. The van der Waals surface area contributed by atoms with E-state index in [0.717, 1.165) is 47.7 Å². The van der Waals surface area contributed by atoms with E-state index in [1.54, 1.807) is 6.07 Å². The van der Waals surface area contributed by atoms with Crippen LogP contribution in [0.3, 0.4) is 0 Å². The Balaban J connectivity index is 1.50.